The highest BCUT2D eigenvalue weighted by atomic mass is 35.5. The van der Waals surface area contributed by atoms with E-state index in [1.165, 1.54) is 0 Å². The molecule has 1 heterocycles. The van der Waals surface area contributed by atoms with Gasteiger partial charge in [-0.2, -0.15) is 5.10 Å². The van der Waals surface area contributed by atoms with E-state index < -0.39 is 0 Å². The summed E-state index contributed by atoms with van der Waals surface area (Å²) in [5.74, 6) is 0. The predicted molar refractivity (Wildman–Crippen MR) is 94.4 cm³/mol. The van der Waals surface area contributed by atoms with E-state index in [4.69, 9.17) is 34.8 Å². The van der Waals surface area contributed by atoms with Gasteiger partial charge in [0.25, 0.3) is 0 Å². The van der Waals surface area contributed by atoms with Crippen LogP contribution in [0.5, 0.6) is 0 Å². The Morgan fingerprint density at radius 1 is 0.955 bits per heavy atom. The normalized spacial score (nSPS) is 11.2. The van der Waals surface area contributed by atoms with Crippen LogP contribution in [-0.4, -0.2) is 11.2 Å². The molecule has 0 bridgehead atoms. The molecule has 0 saturated carbocycles. The summed E-state index contributed by atoms with van der Waals surface area (Å²) in [5, 5.41) is 6.82. The Balaban J connectivity index is 1.84. The van der Waals surface area contributed by atoms with E-state index in [1.807, 2.05) is 30.3 Å². The van der Waals surface area contributed by atoms with Gasteiger partial charge in [-0.1, -0.05) is 40.9 Å². The maximum absolute atomic E-state index is 5.97. The van der Waals surface area contributed by atoms with Crippen LogP contribution >= 0.6 is 34.8 Å². The molecule has 0 aliphatic carbocycles. The van der Waals surface area contributed by atoms with Crippen LogP contribution < -0.4 is 5.43 Å². The number of hydrogen-bond acceptors (Lipinski definition) is 3. The van der Waals surface area contributed by atoms with Crippen LogP contribution in [0, 0.1) is 0 Å². The lowest BCUT2D eigenvalue weighted by atomic mass is 10.2. The minimum absolute atomic E-state index is 0.495. The van der Waals surface area contributed by atoms with Crippen molar-refractivity contribution in [3.63, 3.8) is 0 Å². The number of aromatic nitrogens is 1. The van der Waals surface area contributed by atoms with Gasteiger partial charge in [0.05, 0.1) is 27.5 Å². The number of halogens is 3. The molecule has 1 aromatic heterocycles. The Kier molecular flexibility index (Phi) is 4.48. The molecule has 0 radical (unpaired) electrons. The molecule has 3 nitrogen and oxygen atoms in total. The SMILES string of the molecule is Clc1ccc2c(N/N=C/c3ccc(Cl)c(Cl)c3)ccnc2c1. The smallest absolute Gasteiger partial charge is 0.0738 e. The predicted octanol–water partition coefficient (Wildman–Crippen LogP) is 5.64. The number of fused-ring (bicyclic) bond motifs is 1. The minimum Gasteiger partial charge on any atom is -0.278 e. The molecule has 0 atom stereocenters. The van der Waals surface area contributed by atoms with Crippen LogP contribution in [0.15, 0.2) is 53.8 Å². The molecule has 0 unspecified atom stereocenters. The largest absolute Gasteiger partial charge is 0.278 e. The van der Waals surface area contributed by atoms with Crippen molar-refractivity contribution in [3.05, 3.63) is 69.3 Å². The zero-order valence-corrected chi connectivity index (χ0v) is 13.5. The van der Waals surface area contributed by atoms with Gasteiger partial charge in [0.1, 0.15) is 0 Å². The molecule has 1 N–H and O–H groups in total. The third kappa shape index (κ3) is 3.33. The summed E-state index contributed by atoms with van der Waals surface area (Å²) in [5.41, 5.74) is 5.50. The van der Waals surface area contributed by atoms with Crippen molar-refractivity contribution < 1.29 is 0 Å². The van der Waals surface area contributed by atoms with Crippen molar-refractivity contribution in [2.45, 2.75) is 0 Å². The Hall–Kier alpha value is -1.81. The minimum atomic E-state index is 0.495. The molecule has 6 heteroatoms. The van der Waals surface area contributed by atoms with Crippen LogP contribution in [0.2, 0.25) is 15.1 Å². The van der Waals surface area contributed by atoms with Crippen molar-refractivity contribution in [3.8, 4) is 0 Å². The highest BCUT2D eigenvalue weighted by Crippen LogP contribution is 2.24. The highest BCUT2D eigenvalue weighted by Gasteiger charge is 2.02. The summed E-state index contributed by atoms with van der Waals surface area (Å²) in [7, 11) is 0. The lowest BCUT2D eigenvalue weighted by molar-refractivity contribution is 1.33. The number of hydrogen-bond donors (Lipinski definition) is 1. The van der Waals surface area contributed by atoms with Crippen molar-refractivity contribution in [2.75, 3.05) is 5.43 Å². The second-order valence-corrected chi connectivity index (χ2v) is 5.81. The summed E-state index contributed by atoms with van der Waals surface area (Å²) < 4.78 is 0. The van der Waals surface area contributed by atoms with E-state index in [-0.39, 0.29) is 0 Å². The number of rotatable bonds is 3. The van der Waals surface area contributed by atoms with Crippen molar-refractivity contribution in [1.82, 2.24) is 4.98 Å². The lowest BCUT2D eigenvalue weighted by Gasteiger charge is -2.05. The summed E-state index contributed by atoms with van der Waals surface area (Å²) in [6, 6.07) is 12.7. The summed E-state index contributed by atoms with van der Waals surface area (Å²) >= 11 is 17.8. The van der Waals surface area contributed by atoms with Gasteiger partial charge in [-0.25, -0.2) is 0 Å². The van der Waals surface area contributed by atoms with Gasteiger partial charge in [-0.05, 0) is 42.0 Å². The van der Waals surface area contributed by atoms with Crippen LogP contribution in [0.25, 0.3) is 10.9 Å². The number of hydrazone groups is 1. The number of benzene rings is 2. The van der Waals surface area contributed by atoms with Gasteiger partial charge in [0.15, 0.2) is 0 Å². The average molecular weight is 351 g/mol. The summed E-state index contributed by atoms with van der Waals surface area (Å²) in [6.07, 6.45) is 3.38. The molecule has 110 valence electrons. The standard InChI is InChI=1S/C16H10Cl3N3/c17-11-2-3-12-15(5-6-20-16(12)8-11)22-21-9-10-1-4-13(18)14(19)7-10/h1-9H,(H,20,22)/b21-9+. The molecule has 22 heavy (non-hydrogen) atoms. The molecule has 0 amide bonds. The van der Waals surface area contributed by atoms with Gasteiger partial charge in [0.2, 0.25) is 0 Å². The zero-order chi connectivity index (χ0) is 15.5. The number of nitrogens with zero attached hydrogens (tertiary/aromatic N) is 2. The highest BCUT2D eigenvalue weighted by molar-refractivity contribution is 6.42. The molecule has 0 spiro atoms. The Morgan fingerprint density at radius 2 is 1.82 bits per heavy atom. The third-order valence-electron chi connectivity index (χ3n) is 3.05. The van der Waals surface area contributed by atoms with Crippen molar-refractivity contribution >= 4 is 57.6 Å². The van der Waals surface area contributed by atoms with Gasteiger partial charge >= 0.3 is 0 Å². The maximum atomic E-state index is 5.97. The van der Waals surface area contributed by atoms with Gasteiger partial charge in [0, 0.05) is 16.6 Å². The monoisotopic (exact) mass is 349 g/mol. The zero-order valence-electron chi connectivity index (χ0n) is 11.2. The fourth-order valence-corrected chi connectivity index (χ4v) is 2.46. The fraction of sp³-hybridized carbons (Fsp3) is 0. The quantitative estimate of drug-likeness (QED) is 0.490. The van der Waals surface area contributed by atoms with E-state index in [2.05, 4.69) is 15.5 Å². The molecular weight excluding hydrogens is 341 g/mol. The average Bonchev–Trinajstić information content (AvgIpc) is 2.50. The van der Waals surface area contributed by atoms with E-state index in [9.17, 15) is 0 Å². The van der Waals surface area contributed by atoms with E-state index >= 15 is 0 Å². The molecule has 0 fully saturated rings. The first-order valence-corrected chi connectivity index (χ1v) is 7.55. The molecule has 0 aliphatic rings. The van der Waals surface area contributed by atoms with Crippen molar-refractivity contribution in [2.24, 2.45) is 5.10 Å². The van der Waals surface area contributed by atoms with E-state index in [1.54, 1.807) is 24.5 Å². The topological polar surface area (TPSA) is 37.3 Å². The number of pyridine rings is 1. The first-order valence-electron chi connectivity index (χ1n) is 6.42. The molecule has 3 aromatic rings. The Bertz CT molecular complexity index is 862. The molecule has 2 aromatic carbocycles. The van der Waals surface area contributed by atoms with E-state index in [0.29, 0.717) is 15.1 Å². The van der Waals surface area contributed by atoms with Gasteiger partial charge in [-0.15, -0.1) is 0 Å². The second-order valence-electron chi connectivity index (χ2n) is 4.56. The van der Waals surface area contributed by atoms with Gasteiger partial charge in [-0.3, -0.25) is 10.4 Å². The number of anilines is 1. The van der Waals surface area contributed by atoms with Crippen LogP contribution in [-0.2, 0) is 0 Å². The van der Waals surface area contributed by atoms with E-state index in [0.717, 1.165) is 22.2 Å². The Morgan fingerprint density at radius 3 is 2.64 bits per heavy atom. The van der Waals surface area contributed by atoms with Crippen molar-refractivity contribution in [1.29, 1.82) is 0 Å². The fourth-order valence-electron chi connectivity index (χ4n) is 1.99. The molecule has 3 rings (SSSR count). The first-order chi connectivity index (χ1) is 10.6. The molecule has 0 saturated heterocycles. The van der Waals surface area contributed by atoms with Crippen LogP contribution in [0.1, 0.15) is 5.56 Å². The molecule has 0 aliphatic heterocycles. The second kappa shape index (κ2) is 6.53. The summed E-state index contributed by atoms with van der Waals surface area (Å²) in [4.78, 5) is 4.28. The summed E-state index contributed by atoms with van der Waals surface area (Å²) in [6.45, 7) is 0. The maximum Gasteiger partial charge on any atom is 0.0738 e. The Labute approximate surface area is 142 Å². The van der Waals surface area contributed by atoms with Gasteiger partial charge < -0.3 is 0 Å². The first kappa shape index (κ1) is 15.1. The lowest BCUT2D eigenvalue weighted by Crippen LogP contribution is -1.93. The van der Waals surface area contributed by atoms with Crippen LogP contribution in [0.4, 0.5) is 5.69 Å². The number of nitrogens with one attached hydrogen (secondary N) is 1. The molecular formula is C16H10Cl3N3. The third-order valence-corrected chi connectivity index (χ3v) is 4.02. The van der Waals surface area contributed by atoms with Crippen LogP contribution in [0.3, 0.4) is 0 Å².